The molecular weight excluding hydrogens is 188 g/mol. The van der Waals surface area contributed by atoms with E-state index in [0.29, 0.717) is 12.2 Å². The summed E-state index contributed by atoms with van der Waals surface area (Å²) >= 11 is 0. The van der Waals surface area contributed by atoms with Crippen molar-refractivity contribution in [2.24, 2.45) is 0 Å². The molecule has 0 bridgehead atoms. The number of esters is 1. The van der Waals surface area contributed by atoms with Crippen molar-refractivity contribution in [3.8, 4) is 18.1 Å². The molecule has 0 saturated heterocycles. The lowest BCUT2D eigenvalue weighted by atomic mass is 10.2. The zero-order valence-corrected chi connectivity index (χ0v) is 8.82. The predicted molar refractivity (Wildman–Crippen MR) is 59.5 cm³/mol. The minimum atomic E-state index is -0.280. The van der Waals surface area contributed by atoms with Crippen LogP contribution >= 0.6 is 0 Å². The molecule has 0 radical (unpaired) electrons. The van der Waals surface area contributed by atoms with E-state index < -0.39 is 0 Å². The van der Waals surface area contributed by atoms with Crippen molar-refractivity contribution in [3.05, 3.63) is 29.8 Å². The van der Waals surface area contributed by atoms with Gasteiger partial charge in [-0.05, 0) is 24.1 Å². The van der Waals surface area contributed by atoms with Crippen LogP contribution in [0.15, 0.2) is 24.3 Å². The molecule has 0 atom stereocenters. The summed E-state index contributed by atoms with van der Waals surface area (Å²) in [6.45, 7) is 2.08. The molecule has 0 heterocycles. The van der Waals surface area contributed by atoms with Gasteiger partial charge in [0.1, 0.15) is 5.75 Å². The van der Waals surface area contributed by atoms with Gasteiger partial charge >= 0.3 is 5.97 Å². The van der Waals surface area contributed by atoms with Gasteiger partial charge in [0.05, 0.1) is 6.42 Å². The van der Waals surface area contributed by atoms with E-state index in [1.165, 1.54) is 5.56 Å². The molecule has 0 amide bonds. The largest absolute Gasteiger partial charge is 0.427 e. The van der Waals surface area contributed by atoms with Gasteiger partial charge < -0.3 is 4.74 Å². The fourth-order valence-electron chi connectivity index (χ4n) is 1.15. The molecule has 15 heavy (non-hydrogen) atoms. The zero-order chi connectivity index (χ0) is 11.1. The Hall–Kier alpha value is -1.75. The number of rotatable bonds is 4. The van der Waals surface area contributed by atoms with Crippen molar-refractivity contribution in [3.63, 3.8) is 0 Å². The van der Waals surface area contributed by atoms with Crippen molar-refractivity contribution in [2.45, 2.75) is 26.2 Å². The van der Waals surface area contributed by atoms with Crippen LogP contribution in [-0.4, -0.2) is 5.97 Å². The summed E-state index contributed by atoms with van der Waals surface area (Å²) in [5.74, 6) is 2.70. The van der Waals surface area contributed by atoms with E-state index in [-0.39, 0.29) is 12.4 Å². The Kier molecular flexibility index (Phi) is 4.43. The van der Waals surface area contributed by atoms with E-state index >= 15 is 0 Å². The van der Waals surface area contributed by atoms with Crippen LogP contribution in [0.25, 0.3) is 0 Å². The van der Waals surface area contributed by atoms with Crippen molar-refractivity contribution in [2.75, 3.05) is 0 Å². The van der Waals surface area contributed by atoms with Crippen LogP contribution in [0.5, 0.6) is 5.75 Å². The molecule has 2 heteroatoms. The van der Waals surface area contributed by atoms with Crippen LogP contribution in [0, 0.1) is 12.3 Å². The summed E-state index contributed by atoms with van der Waals surface area (Å²) < 4.78 is 5.08. The quantitative estimate of drug-likeness (QED) is 0.426. The molecular formula is C13H14O2. The Morgan fingerprint density at radius 2 is 2.07 bits per heavy atom. The number of hydrogen-bond donors (Lipinski definition) is 0. The Labute approximate surface area is 90.3 Å². The van der Waals surface area contributed by atoms with Gasteiger partial charge in [-0.1, -0.05) is 19.1 Å². The van der Waals surface area contributed by atoms with Crippen LogP contribution in [-0.2, 0) is 11.2 Å². The second kappa shape index (κ2) is 5.87. The summed E-state index contributed by atoms with van der Waals surface area (Å²) in [4.78, 5) is 11.2. The van der Waals surface area contributed by atoms with E-state index in [4.69, 9.17) is 11.2 Å². The zero-order valence-electron chi connectivity index (χ0n) is 8.82. The Morgan fingerprint density at radius 3 is 2.60 bits per heavy atom. The van der Waals surface area contributed by atoms with Gasteiger partial charge in [0.2, 0.25) is 0 Å². The van der Waals surface area contributed by atoms with Gasteiger partial charge in [-0.3, -0.25) is 4.79 Å². The van der Waals surface area contributed by atoms with Gasteiger partial charge in [-0.2, -0.15) is 0 Å². The highest BCUT2D eigenvalue weighted by Crippen LogP contribution is 2.13. The predicted octanol–water partition coefficient (Wildman–Crippen LogP) is 2.57. The van der Waals surface area contributed by atoms with Crippen LogP contribution in [0.2, 0.25) is 0 Å². The van der Waals surface area contributed by atoms with Crippen molar-refractivity contribution >= 4 is 5.97 Å². The normalized spacial score (nSPS) is 9.33. The number of ether oxygens (including phenoxy) is 1. The first-order valence-corrected chi connectivity index (χ1v) is 4.99. The number of carbonyl (C=O) groups is 1. The maximum absolute atomic E-state index is 11.2. The van der Waals surface area contributed by atoms with Gasteiger partial charge in [-0.25, -0.2) is 0 Å². The van der Waals surface area contributed by atoms with E-state index in [0.717, 1.165) is 6.42 Å². The van der Waals surface area contributed by atoms with Crippen LogP contribution in [0.3, 0.4) is 0 Å². The van der Waals surface area contributed by atoms with Gasteiger partial charge in [0, 0.05) is 6.42 Å². The van der Waals surface area contributed by atoms with Crippen LogP contribution < -0.4 is 4.74 Å². The highest BCUT2D eigenvalue weighted by atomic mass is 16.5. The Balaban J connectivity index is 2.50. The number of aryl methyl sites for hydroxylation is 1. The summed E-state index contributed by atoms with van der Waals surface area (Å²) in [5, 5.41) is 0. The molecule has 0 aliphatic rings. The molecule has 1 aromatic carbocycles. The third kappa shape index (κ3) is 3.86. The highest BCUT2D eigenvalue weighted by Gasteiger charge is 2.03. The van der Waals surface area contributed by atoms with Crippen molar-refractivity contribution < 1.29 is 9.53 Å². The first-order chi connectivity index (χ1) is 7.26. The fraction of sp³-hybridized carbons (Fsp3) is 0.308. The maximum Gasteiger partial charge on any atom is 0.312 e. The molecule has 0 spiro atoms. The second-order valence-corrected chi connectivity index (χ2v) is 3.18. The molecule has 1 rings (SSSR count). The second-order valence-electron chi connectivity index (χ2n) is 3.18. The fourth-order valence-corrected chi connectivity index (χ4v) is 1.15. The van der Waals surface area contributed by atoms with Crippen LogP contribution in [0.4, 0.5) is 0 Å². The lowest BCUT2D eigenvalue weighted by Gasteiger charge is -2.03. The lowest BCUT2D eigenvalue weighted by molar-refractivity contribution is -0.134. The van der Waals surface area contributed by atoms with Gasteiger partial charge in [0.15, 0.2) is 0 Å². The molecule has 1 aromatic rings. The molecule has 0 N–H and O–H groups in total. The van der Waals surface area contributed by atoms with E-state index in [1.807, 2.05) is 12.1 Å². The average Bonchev–Trinajstić information content (AvgIpc) is 2.27. The molecule has 0 aliphatic carbocycles. The van der Waals surface area contributed by atoms with E-state index in [1.54, 1.807) is 12.1 Å². The molecule has 0 aromatic heterocycles. The van der Waals surface area contributed by atoms with E-state index in [9.17, 15) is 4.79 Å². The number of benzene rings is 1. The number of terminal acetylenes is 1. The third-order valence-corrected chi connectivity index (χ3v) is 2.04. The molecule has 78 valence electrons. The molecule has 0 aliphatic heterocycles. The van der Waals surface area contributed by atoms with Gasteiger partial charge in [0.25, 0.3) is 0 Å². The highest BCUT2D eigenvalue weighted by molar-refractivity contribution is 5.72. The SMILES string of the molecule is C#CCCC(=O)Oc1ccc(CC)cc1. The monoisotopic (exact) mass is 202 g/mol. The van der Waals surface area contributed by atoms with Crippen molar-refractivity contribution in [1.82, 2.24) is 0 Å². The van der Waals surface area contributed by atoms with E-state index in [2.05, 4.69) is 12.8 Å². The summed E-state index contributed by atoms with van der Waals surface area (Å²) in [7, 11) is 0. The summed E-state index contributed by atoms with van der Waals surface area (Å²) in [5.41, 5.74) is 1.22. The standard InChI is InChI=1S/C13H14O2/c1-3-5-6-13(14)15-12-9-7-11(4-2)8-10-12/h1,7-10H,4-6H2,2H3. The topological polar surface area (TPSA) is 26.3 Å². The molecule has 0 fully saturated rings. The smallest absolute Gasteiger partial charge is 0.312 e. The Bertz CT molecular complexity index is 357. The first-order valence-electron chi connectivity index (χ1n) is 4.99. The number of carbonyl (C=O) groups excluding carboxylic acids is 1. The Morgan fingerprint density at radius 1 is 1.40 bits per heavy atom. The minimum absolute atomic E-state index is 0.270. The molecule has 0 unspecified atom stereocenters. The summed E-state index contributed by atoms with van der Waals surface area (Å²) in [6.07, 6.45) is 6.72. The number of hydrogen-bond acceptors (Lipinski definition) is 2. The summed E-state index contributed by atoms with van der Waals surface area (Å²) in [6, 6.07) is 7.49. The third-order valence-electron chi connectivity index (χ3n) is 2.04. The van der Waals surface area contributed by atoms with Crippen molar-refractivity contribution in [1.29, 1.82) is 0 Å². The average molecular weight is 202 g/mol. The lowest BCUT2D eigenvalue weighted by Crippen LogP contribution is -2.06. The van der Waals surface area contributed by atoms with Crippen LogP contribution in [0.1, 0.15) is 25.3 Å². The van der Waals surface area contributed by atoms with Gasteiger partial charge in [-0.15, -0.1) is 12.3 Å². The first kappa shape index (κ1) is 11.3. The minimum Gasteiger partial charge on any atom is -0.427 e. The molecule has 2 nitrogen and oxygen atoms in total. The maximum atomic E-state index is 11.2. The molecule has 0 saturated carbocycles.